The van der Waals surface area contributed by atoms with Gasteiger partial charge >= 0.3 is 0 Å². The lowest BCUT2D eigenvalue weighted by Crippen LogP contribution is -2.30. The average Bonchev–Trinajstić information content (AvgIpc) is 3.00. The van der Waals surface area contributed by atoms with Crippen LogP contribution in [0.25, 0.3) is 6.08 Å². The van der Waals surface area contributed by atoms with Gasteiger partial charge in [-0.05, 0) is 66.2 Å². The van der Waals surface area contributed by atoms with E-state index >= 15 is 0 Å². The number of thioether (sulfide) groups is 1. The number of para-hydroxylation sites is 1. The molecule has 212 valence electrons. The van der Waals surface area contributed by atoms with Crippen molar-refractivity contribution in [2.45, 2.75) is 4.90 Å². The number of anilines is 2. The van der Waals surface area contributed by atoms with Gasteiger partial charge in [-0.3, -0.25) is 19.2 Å². The van der Waals surface area contributed by atoms with Gasteiger partial charge < -0.3 is 26.4 Å². The molecule has 10 heteroatoms. The maximum Gasteiger partial charge on any atom is 0.272 e. The zero-order valence-corrected chi connectivity index (χ0v) is 23.4. The Balaban J connectivity index is 1.46. The number of nitrogens with two attached hydrogens (primary N) is 1. The third-order valence-corrected chi connectivity index (χ3v) is 6.86. The molecule has 0 saturated carbocycles. The third-order valence-electron chi connectivity index (χ3n) is 5.86. The van der Waals surface area contributed by atoms with E-state index in [-0.39, 0.29) is 22.9 Å². The fraction of sp³-hybridized carbons (Fsp3) is 0.0625. The van der Waals surface area contributed by atoms with Crippen molar-refractivity contribution >= 4 is 52.8 Å². The highest BCUT2D eigenvalue weighted by molar-refractivity contribution is 8.00. The maximum atomic E-state index is 13.4. The molecule has 0 aliphatic heterocycles. The molecule has 0 saturated heterocycles. The molecular formula is C32H28N4O5S. The molecule has 0 radical (unpaired) electrons. The molecule has 0 fully saturated rings. The van der Waals surface area contributed by atoms with Crippen molar-refractivity contribution in [3.8, 4) is 5.75 Å². The molecule has 0 spiro atoms. The van der Waals surface area contributed by atoms with Gasteiger partial charge in [0.1, 0.15) is 11.4 Å². The van der Waals surface area contributed by atoms with E-state index in [0.29, 0.717) is 28.3 Å². The normalized spacial score (nSPS) is 10.8. The second kappa shape index (κ2) is 14.3. The fourth-order valence-corrected chi connectivity index (χ4v) is 4.60. The molecule has 4 amide bonds. The largest absolute Gasteiger partial charge is 0.497 e. The minimum absolute atomic E-state index is 0.0302. The Morgan fingerprint density at radius 1 is 0.833 bits per heavy atom. The summed E-state index contributed by atoms with van der Waals surface area (Å²) in [7, 11) is 1.54. The molecule has 4 rings (SSSR count). The van der Waals surface area contributed by atoms with Gasteiger partial charge in [0.2, 0.25) is 5.91 Å². The van der Waals surface area contributed by atoms with Crippen LogP contribution in [-0.4, -0.2) is 36.5 Å². The van der Waals surface area contributed by atoms with Crippen molar-refractivity contribution < 1.29 is 23.9 Å². The molecule has 0 aliphatic rings. The number of hydrogen-bond acceptors (Lipinski definition) is 6. The van der Waals surface area contributed by atoms with Crippen LogP contribution >= 0.6 is 11.8 Å². The maximum absolute atomic E-state index is 13.4. The van der Waals surface area contributed by atoms with Crippen LogP contribution in [0.5, 0.6) is 5.75 Å². The lowest BCUT2D eigenvalue weighted by Gasteiger charge is -2.13. The Bertz CT molecular complexity index is 1640. The average molecular weight is 581 g/mol. The van der Waals surface area contributed by atoms with E-state index < -0.39 is 17.7 Å². The molecule has 4 aromatic carbocycles. The first kappa shape index (κ1) is 29.6. The highest BCUT2D eigenvalue weighted by Gasteiger charge is 2.16. The second-order valence-corrected chi connectivity index (χ2v) is 9.93. The van der Waals surface area contributed by atoms with Gasteiger partial charge in [0.25, 0.3) is 17.7 Å². The van der Waals surface area contributed by atoms with Crippen LogP contribution in [0, 0.1) is 0 Å². The Hall–Kier alpha value is -5.35. The lowest BCUT2D eigenvalue weighted by molar-refractivity contribution is -0.114. The molecule has 0 aromatic heterocycles. The van der Waals surface area contributed by atoms with E-state index in [2.05, 4.69) is 16.0 Å². The number of nitrogens with one attached hydrogen (secondary N) is 3. The molecule has 0 atom stereocenters. The zero-order valence-electron chi connectivity index (χ0n) is 22.6. The zero-order chi connectivity index (χ0) is 29.9. The summed E-state index contributed by atoms with van der Waals surface area (Å²) >= 11 is 1.25. The molecule has 0 aliphatic carbocycles. The predicted octanol–water partition coefficient (Wildman–Crippen LogP) is 4.93. The molecule has 0 heterocycles. The number of carbonyl (C=O) groups excluding carboxylic acids is 4. The summed E-state index contributed by atoms with van der Waals surface area (Å²) in [5, 5.41) is 8.22. The number of methoxy groups -OCH3 is 1. The third kappa shape index (κ3) is 8.33. The van der Waals surface area contributed by atoms with Crippen molar-refractivity contribution in [2.75, 3.05) is 23.5 Å². The van der Waals surface area contributed by atoms with Gasteiger partial charge in [-0.15, -0.1) is 11.8 Å². The van der Waals surface area contributed by atoms with E-state index in [1.165, 1.54) is 17.8 Å². The number of benzene rings is 4. The topological polar surface area (TPSA) is 140 Å². The number of hydrogen-bond donors (Lipinski definition) is 4. The van der Waals surface area contributed by atoms with Gasteiger partial charge in [0.05, 0.1) is 24.1 Å². The van der Waals surface area contributed by atoms with Crippen LogP contribution < -0.4 is 26.4 Å². The molecular weight excluding hydrogens is 552 g/mol. The van der Waals surface area contributed by atoms with Crippen molar-refractivity contribution in [1.82, 2.24) is 5.32 Å². The van der Waals surface area contributed by atoms with Gasteiger partial charge in [-0.1, -0.05) is 48.5 Å². The molecule has 0 unspecified atom stereocenters. The molecule has 42 heavy (non-hydrogen) atoms. The van der Waals surface area contributed by atoms with Crippen LogP contribution in [0.4, 0.5) is 11.4 Å². The lowest BCUT2D eigenvalue weighted by atomic mass is 10.1. The van der Waals surface area contributed by atoms with Gasteiger partial charge in [-0.2, -0.15) is 0 Å². The van der Waals surface area contributed by atoms with E-state index in [9.17, 15) is 19.2 Å². The fourth-order valence-electron chi connectivity index (χ4n) is 3.84. The summed E-state index contributed by atoms with van der Waals surface area (Å²) in [5.74, 6) is -1.28. The Morgan fingerprint density at radius 3 is 2.33 bits per heavy atom. The summed E-state index contributed by atoms with van der Waals surface area (Å²) in [4.78, 5) is 51.1. The first-order chi connectivity index (χ1) is 20.3. The van der Waals surface area contributed by atoms with Crippen molar-refractivity contribution in [1.29, 1.82) is 0 Å². The number of carbonyl (C=O) groups is 4. The smallest absolute Gasteiger partial charge is 0.272 e. The van der Waals surface area contributed by atoms with Gasteiger partial charge in [0.15, 0.2) is 0 Å². The Morgan fingerprint density at radius 2 is 1.57 bits per heavy atom. The summed E-state index contributed by atoms with van der Waals surface area (Å²) < 4.78 is 5.28. The Labute approximate surface area is 247 Å². The highest BCUT2D eigenvalue weighted by atomic mass is 32.2. The monoisotopic (exact) mass is 580 g/mol. The quantitative estimate of drug-likeness (QED) is 0.146. The minimum Gasteiger partial charge on any atom is -0.497 e. The number of amides is 4. The highest BCUT2D eigenvalue weighted by Crippen LogP contribution is 2.23. The van der Waals surface area contributed by atoms with Crippen LogP contribution in [-0.2, 0) is 9.59 Å². The predicted molar refractivity (Wildman–Crippen MR) is 164 cm³/mol. The van der Waals surface area contributed by atoms with E-state index in [0.717, 1.165) is 4.90 Å². The van der Waals surface area contributed by atoms with E-state index in [1.54, 1.807) is 110 Å². The SMILES string of the molecule is COc1cccc(/C=C(/NC(=O)c2ccccc2)C(=O)Nc2cccc(SCC(=O)Nc3ccccc3C(N)=O)c2)c1. The molecule has 5 N–H and O–H groups in total. The summed E-state index contributed by atoms with van der Waals surface area (Å²) in [6, 6.07) is 29.1. The minimum atomic E-state index is -0.637. The van der Waals surface area contributed by atoms with Crippen LogP contribution in [0.1, 0.15) is 26.3 Å². The van der Waals surface area contributed by atoms with Crippen LogP contribution in [0.15, 0.2) is 114 Å². The summed E-state index contributed by atoms with van der Waals surface area (Å²) in [5.41, 5.74) is 7.49. The van der Waals surface area contributed by atoms with Gasteiger partial charge in [-0.25, -0.2) is 0 Å². The van der Waals surface area contributed by atoms with Crippen LogP contribution in [0.2, 0.25) is 0 Å². The number of ether oxygens (including phenoxy) is 1. The molecule has 0 bridgehead atoms. The Kier molecular flexibility index (Phi) is 10.1. The first-order valence-electron chi connectivity index (χ1n) is 12.8. The number of primary amides is 1. The van der Waals surface area contributed by atoms with Crippen LogP contribution in [0.3, 0.4) is 0 Å². The van der Waals surface area contributed by atoms with Gasteiger partial charge in [0, 0.05) is 16.1 Å². The first-order valence-corrected chi connectivity index (χ1v) is 13.8. The summed E-state index contributed by atoms with van der Waals surface area (Å²) in [6.45, 7) is 0. The van der Waals surface area contributed by atoms with Crippen molar-refractivity contribution in [3.63, 3.8) is 0 Å². The van der Waals surface area contributed by atoms with E-state index in [1.807, 2.05) is 0 Å². The summed E-state index contributed by atoms with van der Waals surface area (Å²) in [6.07, 6.45) is 1.56. The standard InChI is InChI=1S/C32H28N4O5S/c1-41-24-13-7-9-21(17-24)18-28(36-31(39)22-10-3-2-4-11-22)32(40)34-23-12-8-14-25(19-23)42-20-29(37)35-27-16-6-5-15-26(27)30(33)38/h2-19H,20H2,1H3,(H2,33,38)(H,34,40)(H,35,37)(H,36,39)/b28-18+. The van der Waals surface area contributed by atoms with E-state index in [4.69, 9.17) is 10.5 Å². The molecule has 9 nitrogen and oxygen atoms in total. The van der Waals surface area contributed by atoms with Crippen molar-refractivity contribution in [3.05, 3.63) is 126 Å². The number of rotatable bonds is 11. The van der Waals surface area contributed by atoms with Crippen molar-refractivity contribution in [2.24, 2.45) is 5.73 Å². The second-order valence-electron chi connectivity index (χ2n) is 8.88. The molecule has 4 aromatic rings.